The van der Waals surface area contributed by atoms with Gasteiger partial charge >= 0.3 is 0 Å². The highest BCUT2D eigenvalue weighted by Gasteiger charge is 2.23. The zero-order valence-electron chi connectivity index (χ0n) is 19.3. The number of methoxy groups -OCH3 is 1. The molecule has 0 aliphatic carbocycles. The second-order valence-electron chi connectivity index (χ2n) is 8.69. The van der Waals surface area contributed by atoms with Gasteiger partial charge in [-0.25, -0.2) is 4.98 Å². The summed E-state index contributed by atoms with van der Waals surface area (Å²) in [5.74, 6) is 0.838. The van der Waals surface area contributed by atoms with Crippen LogP contribution in [-0.4, -0.2) is 47.0 Å². The van der Waals surface area contributed by atoms with E-state index in [1.54, 1.807) is 19.5 Å². The van der Waals surface area contributed by atoms with Crippen molar-refractivity contribution in [3.05, 3.63) is 90.3 Å². The molecule has 0 spiro atoms. The Bertz CT molecular complexity index is 1280. The average Bonchev–Trinajstić information content (AvgIpc) is 2.89. The Labute approximate surface area is 199 Å². The summed E-state index contributed by atoms with van der Waals surface area (Å²) in [5, 5.41) is 4.14. The van der Waals surface area contributed by atoms with Crippen LogP contribution >= 0.6 is 0 Å². The number of nitrogens with zero attached hydrogens (tertiary/aromatic N) is 3. The van der Waals surface area contributed by atoms with E-state index in [1.807, 2.05) is 54.6 Å². The van der Waals surface area contributed by atoms with E-state index in [9.17, 15) is 4.79 Å². The van der Waals surface area contributed by atoms with Crippen LogP contribution in [-0.2, 0) is 6.54 Å². The number of amides is 1. The van der Waals surface area contributed by atoms with Gasteiger partial charge in [-0.05, 0) is 54.8 Å². The van der Waals surface area contributed by atoms with Crippen LogP contribution in [0.2, 0.25) is 0 Å². The van der Waals surface area contributed by atoms with Crippen LogP contribution in [0.4, 0.5) is 0 Å². The van der Waals surface area contributed by atoms with Gasteiger partial charge in [-0.1, -0.05) is 30.3 Å². The van der Waals surface area contributed by atoms with E-state index >= 15 is 0 Å². The van der Waals surface area contributed by atoms with E-state index < -0.39 is 0 Å². The maximum absolute atomic E-state index is 13.4. The monoisotopic (exact) mass is 452 g/mol. The van der Waals surface area contributed by atoms with Gasteiger partial charge in [0, 0.05) is 49.0 Å². The molecule has 0 radical (unpaired) electrons. The van der Waals surface area contributed by atoms with Gasteiger partial charge in [0.15, 0.2) is 0 Å². The van der Waals surface area contributed by atoms with Crippen LogP contribution < -0.4 is 10.1 Å². The van der Waals surface area contributed by atoms with Crippen molar-refractivity contribution in [3.63, 3.8) is 0 Å². The molecule has 5 rings (SSSR count). The van der Waals surface area contributed by atoms with Crippen LogP contribution in [0.5, 0.6) is 5.75 Å². The van der Waals surface area contributed by atoms with Crippen LogP contribution in [0.1, 0.15) is 28.8 Å². The first kappa shape index (κ1) is 22.0. The summed E-state index contributed by atoms with van der Waals surface area (Å²) in [6, 6.07) is 21.9. The molecule has 1 N–H and O–H groups in total. The molecule has 1 amide bonds. The number of pyridine rings is 2. The fourth-order valence-electron chi connectivity index (χ4n) is 4.55. The number of piperidine rings is 1. The first-order valence-corrected chi connectivity index (χ1v) is 11.7. The lowest BCUT2D eigenvalue weighted by molar-refractivity contribution is 0.0910. The van der Waals surface area contributed by atoms with Crippen LogP contribution in [0.3, 0.4) is 0 Å². The van der Waals surface area contributed by atoms with Gasteiger partial charge in [0.05, 0.1) is 23.9 Å². The number of likely N-dealkylation sites (tertiary alicyclic amines) is 1. The van der Waals surface area contributed by atoms with Crippen molar-refractivity contribution in [3.8, 4) is 17.0 Å². The molecule has 34 heavy (non-hydrogen) atoms. The van der Waals surface area contributed by atoms with E-state index in [4.69, 9.17) is 9.72 Å². The maximum Gasteiger partial charge on any atom is 0.252 e. The molecule has 0 unspecified atom stereocenters. The second-order valence-corrected chi connectivity index (χ2v) is 8.69. The molecule has 172 valence electrons. The van der Waals surface area contributed by atoms with Crippen molar-refractivity contribution >= 4 is 16.8 Å². The highest BCUT2D eigenvalue weighted by molar-refractivity contribution is 6.07. The van der Waals surface area contributed by atoms with Crippen molar-refractivity contribution < 1.29 is 9.53 Å². The van der Waals surface area contributed by atoms with Crippen molar-refractivity contribution in [2.75, 3.05) is 20.2 Å². The fraction of sp³-hybridized carbons (Fsp3) is 0.250. The van der Waals surface area contributed by atoms with Crippen molar-refractivity contribution in [1.29, 1.82) is 0 Å². The molecular formula is C28H28N4O2. The number of carbonyl (C=O) groups excluding carboxylic acids is 1. The summed E-state index contributed by atoms with van der Waals surface area (Å²) >= 11 is 0. The number of carbonyl (C=O) groups is 1. The lowest BCUT2D eigenvalue weighted by atomic mass is 10.0. The molecule has 6 nitrogen and oxygen atoms in total. The summed E-state index contributed by atoms with van der Waals surface area (Å²) in [5.41, 5.74) is 4.36. The summed E-state index contributed by atoms with van der Waals surface area (Å²) < 4.78 is 5.34. The van der Waals surface area contributed by atoms with Gasteiger partial charge < -0.3 is 10.1 Å². The summed E-state index contributed by atoms with van der Waals surface area (Å²) in [6.07, 6.45) is 5.36. The molecular weight excluding hydrogens is 424 g/mol. The predicted octanol–water partition coefficient (Wildman–Crippen LogP) is 4.70. The minimum absolute atomic E-state index is 0.0463. The second kappa shape index (κ2) is 10.0. The minimum Gasteiger partial charge on any atom is -0.497 e. The number of hydrogen-bond donors (Lipinski definition) is 1. The lowest BCUT2D eigenvalue weighted by Gasteiger charge is -2.32. The molecule has 4 aromatic rings. The molecule has 3 heterocycles. The standard InChI is InChI=1S/C28H28N4O2/c1-34-23-8-4-6-20(16-23)19-32-14-11-22(12-15-32)30-28(33)25-17-27(21-7-5-13-29-18-21)31-26-10-3-2-9-24(25)26/h2-10,13,16-18,22H,11-12,14-15,19H2,1H3,(H,30,33). The number of ether oxygens (including phenoxy) is 1. The normalized spacial score (nSPS) is 14.7. The van der Waals surface area contributed by atoms with E-state index in [1.165, 1.54) is 5.56 Å². The average molecular weight is 453 g/mol. The molecule has 1 saturated heterocycles. The van der Waals surface area contributed by atoms with E-state index in [-0.39, 0.29) is 11.9 Å². The molecule has 2 aromatic heterocycles. The van der Waals surface area contributed by atoms with E-state index in [2.05, 4.69) is 27.3 Å². The number of nitrogens with one attached hydrogen (secondary N) is 1. The Kier molecular flexibility index (Phi) is 6.49. The van der Waals surface area contributed by atoms with Gasteiger partial charge in [-0.2, -0.15) is 0 Å². The molecule has 0 atom stereocenters. The Morgan fingerprint density at radius 1 is 1.06 bits per heavy atom. The highest BCUT2D eigenvalue weighted by atomic mass is 16.5. The van der Waals surface area contributed by atoms with E-state index in [0.29, 0.717) is 5.56 Å². The molecule has 0 saturated carbocycles. The number of rotatable bonds is 6. The first-order chi connectivity index (χ1) is 16.7. The third-order valence-electron chi connectivity index (χ3n) is 6.38. The molecule has 1 fully saturated rings. The Hall–Kier alpha value is -3.77. The Morgan fingerprint density at radius 3 is 2.71 bits per heavy atom. The van der Waals surface area contributed by atoms with Gasteiger partial charge in [-0.15, -0.1) is 0 Å². The van der Waals surface area contributed by atoms with Crippen LogP contribution in [0.15, 0.2) is 79.1 Å². The first-order valence-electron chi connectivity index (χ1n) is 11.7. The largest absolute Gasteiger partial charge is 0.497 e. The van der Waals surface area contributed by atoms with Gasteiger partial charge in [0.25, 0.3) is 5.91 Å². The van der Waals surface area contributed by atoms with Crippen molar-refractivity contribution in [2.45, 2.75) is 25.4 Å². The minimum atomic E-state index is -0.0463. The number of hydrogen-bond acceptors (Lipinski definition) is 5. The zero-order chi connectivity index (χ0) is 23.3. The SMILES string of the molecule is COc1cccc(CN2CCC(NC(=O)c3cc(-c4cccnc4)nc4ccccc34)CC2)c1. The number of aromatic nitrogens is 2. The maximum atomic E-state index is 13.4. The zero-order valence-corrected chi connectivity index (χ0v) is 19.3. The highest BCUT2D eigenvalue weighted by Crippen LogP contribution is 2.25. The molecule has 2 aromatic carbocycles. The molecule has 1 aliphatic rings. The Balaban J connectivity index is 1.28. The summed E-state index contributed by atoms with van der Waals surface area (Å²) in [6.45, 7) is 2.78. The lowest BCUT2D eigenvalue weighted by Crippen LogP contribution is -2.44. The third-order valence-corrected chi connectivity index (χ3v) is 6.38. The number of para-hydroxylation sites is 1. The van der Waals surface area contributed by atoms with Crippen molar-refractivity contribution in [2.24, 2.45) is 0 Å². The fourth-order valence-corrected chi connectivity index (χ4v) is 4.55. The van der Waals surface area contributed by atoms with E-state index in [0.717, 1.165) is 60.4 Å². The van der Waals surface area contributed by atoms with Crippen LogP contribution in [0, 0.1) is 0 Å². The third kappa shape index (κ3) is 4.92. The number of benzene rings is 2. The topological polar surface area (TPSA) is 67.3 Å². The predicted molar refractivity (Wildman–Crippen MR) is 134 cm³/mol. The van der Waals surface area contributed by atoms with Crippen LogP contribution in [0.25, 0.3) is 22.2 Å². The molecule has 0 bridgehead atoms. The summed E-state index contributed by atoms with van der Waals surface area (Å²) in [7, 11) is 1.69. The Morgan fingerprint density at radius 2 is 1.91 bits per heavy atom. The smallest absolute Gasteiger partial charge is 0.252 e. The quantitative estimate of drug-likeness (QED) is 0.459. The van der Waals surface area contributed by atoms with Gasteiger partial charge in [-0.3, -0.25) is 14.7 Å². The molecule has 6 heteroatoms. The van der Waals surface area contributed by atoms with Gasteiger partial charge in [0.2, 0.25) is 0 Å². The summed E-state index contributed by atoms with van der Waals surface area (Å²) in [4.78, 5) is 24.8. The van der Waals surface area contributed by atoms with Crippen molar-refractivity contribution in [1.82, 2.24) is 20.2 Å². The number of fused-ring (bicyclic) bond motifs is 1. The molecule has 1 aliphatic heterocycles. The van der Waals surface area contributed by atoms with Gasteiger partial charge in [0.1, 0.15) is 5.75 Å².